The zero-order valence-corrected chi connectivity index (χ0v) is 12.3. The standard InChI is InChI=1S/C17H23FN2O/c18-15-8-4-12(5-9-15)2-1-3-16(21)20-10-13-6-7-14(11-20)17(13)19/h4-5,8-9,13-14,17H,1-3,6-7,10-11,19H2/t13-,14+,17?. The lowest BCUT2D eigenvalue weighted by Crippen LogP contribution is -2.50. The summed E-state index contributed by atoms with van der Waals surface area (Å²) in [7, 11) is 0. The van der Waals surface area contributed by atoms with Crippen LogP contribution in [0.3, 0.4) is 0 Å². The number of halogens is 1. The molecule has 1 aromatic carbocycles. The summed E-state index contributed by atoms with van der Waals surface area (Å²) in [5.74, 6) is 1.05. The van der Waals surface area contributed by atoms with Crippen LogP contribution >= 0.6 is 0 Å². The van der Waals surface area contributed by atoms with E-state index < -0.39 is 0 Å². The van der Waals surface area contributed by atoms with E-state index in [4.69, 9.17) is 5.73 Å². The SMILES string of the molecule is NC1[C@@H]2CC[C@H]1CN(C(=O)CCCc1ccc(F)cc1)C2. The van der Waals surface area contributed by atoms with Crippen LogP contribution in [-0.2, 0) is 11.2 Å². The Hall–Kier alpha value is -1.42. The van der Waals surface area contributed by atoms with Crippen LogP contribution in [0.5, 0.6) is 0 Å². The molecule has 2 N–H and O–H groups in total. The van der Waals surface area contributed by atoms with E-state index in [-0.39, 0.29) is 11.7 Å². The monoisotopic (exact) mass is 290 g/mol. The fourth-order valence-electron chi connectivity index (χ4n) is 3.72. The maximum absolute atomic E-state index is 12.8. The Kier molecular flexibility index (Phi) is 4.24. The summed E-state index contributed by atoms with van der Waals surface area (Å²) in [6, 6.07) is 6.83. The quantitative estimate of drug-likeness (QED) is 0.925. The Labute approximate surface area is 125 Å². The number of nitrogens with zero attached hydrogens (tertiary/aromatic N) is 1. The fourth-order valence-corrected chi connectivity index (χ4v) is 3.72. The third-order valence-corrected chi connectivity index (χ3v) is 5.03. The lowest BCUT2D eigenvalue weighted by atomic mass is 9.93. The topological polar surface area (TPSA) is 46.3 Å². The van der Waals surface area contributed by atoms with Crippen LogP contribution in [0, 0.1) is 17.7 Å². The first-order valence-corrected chi connectivity index (χ1v) is 7.91. The van der Waals surface area contributed by atoms with Crippen molar-refractivity contribution in [3.05, 3.63) is 35.6 Å². The molecule has 1 aliphatic carbocycles. The molecule has 1 aliphatic heterocycles. The Morgan fingerprint density at radius 1 is 1.19 bits per heavy atom. The summed E-state index contributed by atoms with van der Waals surface area (Å²) in [5.41, 5.74) is 7.25. The van der Waals surface area contributed by atoms with Gasteiger partial charge in [0.05, 0.1) is 0 Å². The third-order valence-electron chi connectivity index (χ3n) is 5.03. The van der Waals surface area contributed by atoms with Crippen LogP contribution in [0.2, 0.25) is 0 Å². The summed E-state index contributed by atoms with van der Waals surface area (Å²) < 4.78 is 12.8. The Bertz CT molecular complexity index is 488. The molecule has 21 heavy (non-hydrogen) atoms. The van der Waals surface area contributed by atoms with Crippen molar-refractivity contribution < 1.29 is 9.18 Å². The average molecular weight is 290 g/mol. The van der Waals surface area contributed by atoms with E-state index in [1.165, 1.54) is 25.0 Å². The molecule has 0 spiro atoms. The minimum Gasteiger partial charge on any atom is -0.342 e. The van der Waals surface area contributed by atoms with Gasteiger partial charge in [0, 0.05) is 25.6 Å². The second-order valence-electron chi connectivity index (χ2n) is 6.45. The molecule has 3 atom stereocenters. The fraction of sp³-hybridized carbons (Fsp3) is 0.588. The number of hydrogen-bond acceptors (Lipinski definition) is 2. The first-order valence-electron chi connectivity index (χ1n) is 7.91. The van der Waals surface area contributed by atoms with Crippen molar-refractivity contribution in [3.63, 3.8) is 0 Å². The van der Waals surface area contributed by atoms with E-state index in [9.17, 15) is 9.18 Å². The number of piperidine rings is 1. The summed E-state index contributed by atoms with van der Waals surface area (Å²) in [6.07, 6.45) is 4.57. The molecule has 0 radical (unpaired) electrons. The van der Waals surface area contributed by atoms with Crippen molar-refractivity contribution >= 4 is 5.91 Å². The predicted molar refractivity (Wildman–Crippen MR) is 80.1 cm³/mol. The van der Waals surface area contributed by atoms with Crippen LogP contribution in [0.15, 0.2) is 24.3 Å². The van der Waals surface area contributed by atoms with Gasteiger partial charge in [0.15, 0.2) is 0 Å². The van der Waals surface area contributed by atoms with E-state index >= 15 is 0 Å². The van der Waals surface area contributed by atoms with Crippen molar-refractivity contribution in [2.75, 3.05) is 13.1 Å². The molecule has 1 saturated carbocycles. The average Bonchev–Trinajstić information content (AvgIpc) is 2.71. The minimum absolute atomic E-state index is 0.213. The lowest BCUT2D eigenvalue weighted by molar-refractivity contribution is -0.133. The Balaban J connectivity index is 1.45. The highest BCUT2D eigenvalue weighted by molar-refractivity contribution is 5.76. The number of carbonyl (C=O) groups is 1. The molecule has 2 bridgehead atoms. The number of benzene rings is 1. The van der Waals surface area contributed by atoms with E-state index in [1.807, 2.05) is 4.90 Å². The number of nitrogens with two attached hydrogens (primary N) is 1. The molecule has 0 aromatic heterocycles. The lowest BCUT2D eigenvalue weighted by Gasteiger charge is -2.36. The van der Waals surface area contributed by atoms with Crippen LogP contribution in [-0.4, -0.2) is 29.9 Å². The molecule has 2 aliphatic rings. The molecule has 1 heterocycles. The molecule has 4 heteroatoms. The zero-order chi connectivity index (χ0) is 14.8. The first kappa shape index (κ1) is 14.5. The van der Waals surface area contributed by atoms with E-state index in [0.29, 0.717) is 24.3 Å². The van der Waals surface area contributed by atoms with Gasteiger partial charge in [0.1, 0.15) is 5.82 Å². The highest BCUT2D eigenvalue weighted by atomic mass is 19.1. The second kappa shape index (κ2) is 6.14. The van der Waals surface area contributed by atoms with Gasteiger partial charge in [0.25, 0.3) is 0 Å². The summed E-state index contributed by atoms with van der Waals surface area (Å²) in [4.78, 5) is 14.3. The van der Waals surface area contributed by atoms with Gasteiger partial charge < -0.3 is 10.6 Å². The second-order valence-corrected chi connectivity index (χ2v) is 6.45. The smallest absolute Gasteiger partial charge is 0.222 e. The van der Waals surface area contributed by atoms with Gasteiger partial charge in [-0.05, 0) is 55.2 Å². The van der Waals surface area contributed by atoms with Crippen molar-refractivity contribution in [1.82, 2.24) is 4.90 Å². The van der Waals surface area contributed by atoms with Gasteiger partial charge in [0.2, 0.25) is 5.91 Å². The Morgan fingerprint density at radius 2 is 1.81 bits per heavy atom. The molecular weight excluding hydrogens is 267 g/mol. The normalized spacial score (nSPS) is 27.9. The predicted octanol–water partition coefficient (Wildman–Crippen LogP) is 2.34. The number of hydrogen-bond donors (Lipinski definition) is 1. The third kappa shape index (κ3) is 3.26. The summed E-state index contributed by atoms with van der Waals surface area (Å²) in [5, 5.41) is 0. The maximum Gasteiger partial charge on any atom is 0.222 e. The van der Waals surface area contributed by atoms with Crippen molar-refractivity contribution in [1.29, 1.82) is 0 Å². The molecule has 1 unspecified atom stereocenters. The number of fused-ring (bicyclic) bond motifs is 2. The number of rotatable bonds is 4. The Morgan fingerprint density at radius 3 is 2.43 bits per heavy atom. The van der Waals surface area contributed by atoms with Crippen LogP contribution in [0.1, 0.15) is 31.2 Å². The molecule has 1 saturated heterocycles. The molecule has 3 nitrogen and oxygen atoms in total. The highest BCUT2D eigenvalue weighted by Crippen LogP contribution is 2.35. The van der Waals surface area contributed by atoms with Crippen LogP contribution in [0.4, 0.5) is 4.39 Å². The van der Waals surface area contributed by atoms with Gasteiger partial charge in [-0.2, -0.15) is 0 Å². The van der Waals surface area contributed by atoms with E-state index in [1.54, 1.807) is 12.1 Å². The van der Waals surface area contributed by atoms with Gasteiger partial charge in [-0.1, -0.05) is 12.1 Å². The van der Waals surface area contributed by atoms with E-state index in [2.05, 4.69) is 0 Å². The summed E-state index contributed by atoms with van der Waals surface area (Å²) >= 11 is 0. The zero-order valence-electron chi connectivity index (χ0n) is 12.3. The largest absolute Gasteiger partial charge is 0.342 e. The molecular formula is C17H23FN2O. The number of likely N-dealkylation sites (tertiary alicyclic amines) is 1. The van der Waals surface area contributed by atoms with Gasteiger partial charge >= 0.3 is 0 Å². The van der Waals surface area contributed by atoms with Crippen molar-refractivity contribution in [3.8, 4) is 0 Å². The maximum atomic E-state index is 12.8. The van der Waals surface area contributed by atoms with Gasteiger partial charge in [-0.25, -0.2) is 4.39 Å². The minimum atomic E-state index is -0.213. The summed E-state index contributed by atoms with van der Waals surface area (Å²) in [6.45, 7) is 1.68. The number of aryl methyl sites for hydroxylation is 1. The molecule has 114 valence electrons. The van der Waals surface area contributed by atoms with Crippen molar-refractivity contribution in [2.45, 2.75) is 38.1 Å². The van der Waals surface area contributed by atoms with Crippen LogP contribution in [0.25, 0.3) is 0 Å². The molecule has 2 fully saturated rings. The van der Waals surface area contributed by atoms with Gasteiger partial charge in [-0.15, -0.1) is 0 Å². The molecule has 3 rings (SSSR count). The van der Waals surface area contributed by atoms with Gasteiger partial charge in [-0.3, -0.25) is 4.79 Å². The number of carbonyl (C=O) groups excluding carboxylic acids is 1. The van der Waals surface area contributed by atoms with E-state index in [0.717, 1.165) is 31.5 Å². The highest BCUT2D eigenvalue weighted by Gasteiger charge is 2.40. The van der Waals surface area contributed by atoms with Crippen LogP contribution < -0.4 is 5.73 Å². The van der Waals surface area contributed by atoms with Crippen molar-refractivity contribution in [2.24, 2.45) is 17.6 Å². The first-order chi connectivity index (χ1) is 10.1. The number of amides is 1. The molecule has 1 aromatic rings. The molecule has 1 amide bonds.